The molecule has 2 rings (SSSR count). The Morgan fingerprint density at radius 2 is 2.17 bits per heavy atom. The van der Waals surface area contributed by atoms with E-state index < -0.39 is 6.10 Å². The van der Waals surface area contributed by atoms with Crippen molar-refractivity contribution in [2.45, 2.75) is 26.0 Å². The molecule has 4 heteroatoms. The van der Waals surface area contributed by atoms with Crippen LogP contribution < -0.4 is 0 Å². The third kappa shape index (κ3) is 2.92. The molecule has 1 N–H and O–H groups in total. The third-order valence-corrected chi connectivity index (χ3v) is 3.14. The van der Waals surface area contributed by atoms with Gasteiger partial charge in [-0.1, -0.05) is 18.5 Å². The number of hydrogen-bond acceptors (Lipinski definition) is 1. The summed E-state index contributed by atoms with van der Waals surface area (Å²) in [5, 5.41) is 10.2. The van der Waals surface area contributed by atoms with E-state index >= 15 is 0 Å². The van der Waals surface area contributed by atoms with E-state index in [-0.39, 0.29) is 5.82 Å². The molecule has 1 aromatic carbocycles. The molecule has 0 spiro atoms. The molecule has 0 saturated heterocycles. The number of nitrogens with zero attached hydrogens (tertiary/aromatic N) is 1. The topological polar surface area (TPSA) is 25.2 Å². The fraction of sp³-hybridized carbons (Fsp3) is 0.286. The predicted octanol–water partition coefficient (Wildman–Crippen LogP) is 3.77. The monoisotopic (exact) mass is 267 g/mol. The van der Waals surface area contributed by atoms with Gasteiger partial charge < -0.3 is 9.67 Å². The van der Waals surface area contributed by atoms with Gasteiger partial charge in [-0.3, -0.25) is 0 Å². The van der Waals surface area contributed by atoms with Crippen LogP contribution in [0.25, 0.3) is 0 Å². The van der Waals surface area contributed by atoms with Crippen molar-refractivity contribution in [1.82, 2.24) is 4.57 Å². The van der Waals surface area contributed by atoms with Gasteiger partial charge in [0, 0.05) is 29.5 Å². The van der Waals surface area contributed by atoms with Crippen LogP contribution in [0, 0.1) is 5.82 Å². The van der Waals surface area contributed by atoms with Crippen molar-refractivity contribution in [2.24, 2.45) is 0 Å². The zero-order chi connectivity index (χ0) is 13.1. The van der Waals surface area contributed by atoms with Crippen LogP contribution in [-0.4, -0.2) is 9.67 Å². The minimum Gasteiger partial charge on any atom is -0.388 e. The average molecular weight is 268 g/mol. The lowest BCUT2D eigenvalue weighted by molar-refractivity contribution is 0.173. The van der Waals surface area contributed by atoms with Crippen LogP contribution in [0.1, 0.15) is 30.6 Å². The molecular formula is C14H15ClFNO. The molecule has 0 aliphatic rings. The first kappa shape index (κ1) is 13.1. The van der Waals surface area contributed by atoms with Crippen molar-refractivity contribution in [3.63, 3.8) is 0 Å². The molecule has 0 saturated carbocycles. The van der Waals surface area contributed by atoms with Crippen LogP contribution in [-0.2, 0) is 6.54 Å². The summed E-state index contributed by atoms with van der Waals surface area (Å²) in [5.74, 6) is -0.273. The smallest absolute Gasteiger partial charge is 0.128 e. The second-order valence-electron chi connectivity index (χ2n) is 4.28. The standard InChI is InChI=1S/C14H15ClFNO/c1-2-14(18)10-5-6-17(8-10)9-11-7-12(15)3-4-13(11)16/h3-8,14,18H,2,9H2,1H3. The van der Waals surface area contributed by atoms with Gasteiger partial charge in [0.2, 0.25) is 0 Å². The lowest BCUT2D eigenvalue weighted by Crippen LogP contribution is -2.00. The molecule has 1 aromatic heterocycles. The predicted molar refractivity (Wildman–Crippen MR) is 70.2 cm³/mol. The second kappa shape index (κ2) is 5.55. The quantitative estimate of drug-likeness (QED) is 0.896. The van der Waals surface area contributed by atoms with E-state index in [9.17, 15) is 9.50 Å². The van der Waals surface area contributed by atoms with Gasteiger partial charge >= 0.3 is 0 Å². The summed E-state index contributed by atoms with van der Waals surface area (Å²) in [5.41, 5.74) is 1.38. The van der Waals surface area contributed by atoms with E-state index in [0.29, 0.717) is 23.6 Å². The maximum absolute atomic E-state index is 13.6. The van der Waals surface area contributed by atoms with Crippen molar-refractivity contribution in [1.29, 1.82) is 0 Å². The van der Waals surface area contributed by atoms with E-state index in [1.807, 2.05) is 30.0 Å². The fourth-order valence-electron chi connectivity index (χ4n) is 1.85. The first-order chi connectivity index (χ1) is 8.60. The summed E-state index contributed by atoms with van der Waals surface area (Å²) in [6, 6.07) is 6.36. The van der Waals surface area contributed by atoms with Crippen LogP contribution in [0.3, 0.4) is 0 Å². The van der Waals surface area contributed by atoms with Gasteiger partial charge in [0.05, 0.1) is 6.10 Å². The molecule has 18 heavy (non-hydrogen) atoms. The first-order valence-corrected chi connectivity index (χ1v) is 6.25. The molecular weight excluding hydrogens is 253 g/mol. The zero-order valence-corrected chi connectivity index (χ0v) is 10.9. The number of rotatable bonds is 4. The van der Waals surface area contributed by atoms with Crippen molar-refractivity contribution < 1.29 is 9.50 Å². The average Bonchev–Trinajstić information content (AvgIpc) is 2.81. The summed E-state index contributed by atoms with van der Waals surface area (Å²) >= 11 is 5.85. The summed E-state index contributed by atoms with van der Waals surface area (Å²) in [7, 11) is 0. The van der Waals surface area contributed by atoms with Gasteiger partial charge in [-0.15, -0.1) is 0 Å². The van der Waals surface area contributed by atoms with E-state index in [1.54, 1.807) is 6.07 Å². The normalized spacial score (nSPS) is 12.7. The maximum Gasteiger partial charge on any atom is 0.128 e. The van der Waals surface area contributed by atoms with Gasteiger partial charge in [-0.25, -0.2) is 4.39 Å². The minimum atomic E-state index is -0.463. The molecule has 2 aromatic rings. The molecule has 0 bridgehead atoms. The molecule has 0 amide bonds. The van der Waals surface area contributed by atoms with Gasteiger partial charge in [-0.05, 0) is 36.2 Å². The molecule has 96 valence electrons. The highest BCUT2D eigenvalue weighted by Gasteiger charge is 2.08. The lowest BCUT2D eigenvalue weighted by Gasteiger charge is -2.06. The fourth-order valence-corrected chi connectivity index (χ4v) is 2.05. The molecule has 1 unspecified atom stereocenters. The largest absolute Gasteiger partial charge is 0.388 e. The Morgan fingerprint density at radius 1 is 1.39 bits per heavy atom. The van der Waals surface area contributed by atoms with Gasteiger partial charge in [0.1, 0.15) is 5.82 Å². The molecule has 0 fully saturated rings. The van der Waals surface area contributed by atoms with Gasteiger partial charge in [-0.2, -0.15) is 0 Å². The van der Waals surface area contributed by atoms with Crippen LogP contribution >= 0.6 is 11.6 Å². The Hall–Kier alpha value is -1.32. The highest BCUT2D eigenvalue weighted by molar-refractivity contribution is 6.30. The molecule has 1 heterocycles. The van der Waals surface area contributed by atoms with E-state index in [0.717, 1.165) is 5.56 Å². The summed E-state index contributed by atoms with van der Waals surface area (Å²) in [4.78, 5) is 0. The Morgan fingerprint density at radius 3 is 2.89 bits per heavy atom. The third-order valence-electron chi connectivity index (χ3n) is 2.91. The highest BCUT2D eigenvalue weighted by atomic mass is 35.5. The maximum atomic E-state index is 13.6. The van der Waals surface area contributed by atoms with Crippen molar-refractivity contribution in [3.8, 4) is 0 Å². The van der Waals surface area contributed by atoms with E-state index in [2.05, 4.69) is 0 Å². The highest BCUT2D eigenvalue weighted by Crippen LogP contribution is 2.19. The number of aliphatic hydroxyl groups excluding tert-OH is 1. The van der Waals surface area contributed by atoms with Crippen LogP contribution in [0.15, 0.2) is 36.7 Å². The van der Waals surface area contributed by atoms with E-state index in [4.69, 9.17) is 11.6 Å². The molecule has 0 aliphatic carbocycles. The number of aromatic nitrogens is 1. The van der Waals surface area contributed by atoms with Gasteiger partial charge in [0.15, 0.2) is 0 Å². The SMILES string of the molecule is CCC(O)c1ccn(Cc2cc(Cl)ccc2F)c1. The Balaban J connectivity index is 2.18. The second-order valence-corrected chi connectivity index (χ2v) is 4.71. The number of benzene rings is 1. The molecule has 1 atom stereocenters. The van der Waals surface area contributed by atoms with Gasteiger partial charge in [0.25, 0.3) is 0 Å². The van der Waals surface area contributed by atoms with Crippen LogP contribution in [0.4, 0.5) is 4.39 Å². The van der Waals surface area contributed by atoms with Crippen molar-refractivity contribution in [3.05, 3.63) is 58.6 Å². The molecule has 2 nitrogen and oxygen atoms in total. The van der Waals surface area contributed by atoms with Crippen molar-refractivity contribution in [2.75, 3.05) is 0 Å². The summed E-state index contributed by atoms with van der Waals surface area (Å²) in [6.45, 7) is 2.32. The minimum absolute atomic E-state index is 0.273. The molecule has 0 aliphatic heterocycles. The van der Waals surface area contributed by atoms with Crippen LogP contribution in [0.5, 0.6) is 0 Å². The number of halogens is 2. The summed E-state index contributed by atoms with van der Waals surface area (Å²) < 4.78 is 15.4. The lowest BCUT2D eigenvalue weighted by atomic mass is 10.1. The van der Waals surface area contributed by atoms with Crippen molar-refractivity contribution >= 4 is 11.6 Å². The molecule has 0 radical (unpaired) electrons. The Bertz CT molecular complexity index is 538. The summed E-state index contributed by atoms with van der Waals surface area (Å²) in [6.07, 6.45) is 3.86. The van der Waals surface area contributed by atoms with Crippen LogP contribution in [0.2, 0.25) is 5.02 Å². The zero-order valence-electron chi connectivity index (χ0n) is 10.1. The first-order valence-electron chi connectivity index (χ1n) is 5.88. The number of aliphatic hydroxyl groups is 1. The van der Waals surface area contributed by atoms with E-state index in [1.165, 1.54) is 12.1 Å². The Labute approximate surface area is 111 Å². The number of hydrogen-bond donors (Lipinski definition) is 1. The Kier molecular flexibility index (Phi) is 4.04.